The van der Waals surface area contributed by atoms with Gasteiger partial charge in [0.1, 0.15) is 5.82 Å². The van der Waals surface area contributed by atoms with Gasteiger partial charge in [-0.25, -0.2) is 4.98 Å². The van der Waals surface area contributed by atoms with E-state index in [0.717, 1.165) is 30.4 Å². The molecule has 26 heavy (non-hydrogen) atoms. The lowest BCUT2D eigenvalue weighted by Gasteiger charge is -2.48. The van der Waals surface area contributed by atoms with Crippen LogP contribution in [0.3, 0.4) is 0 Å². The van der Waals surface area contributed by atoms with Crippen molar-refractivity contribution in [3.63, 3.8) is 0 Å². The number of aromatic nitrogens is 2. The van der Waals surface area contributed by atoms with Crippen molar-refractivity contribution in [3.05, 3.63) is 11.9 Å². The number of hydrogen-bond acceptors (Lipinski definition) is 5. The van der Waals surface area contributed by atoms with Crippen LogP contribution in [0, 0.1) is 16.7 Å². The van der Waals surface area contributed by atoms with Gasteiger partial charge in [0.15, 0.2) is 5.82 Å². The topological polar surface area (TPSA) is 53.1 Å². The van der Waals surface area contributed by atoms with Crippen molar-refractivity contribution in [1.29, 1.82) is 0 Å². The second kappa shape index (κ2) is 8.87. The molecule has 2 N–H and O–H groups in total. The molecule has 1 aromatic heterocycles. The average molecular weight is 491 g/mol. The van der Waals surface area contributed by atoms with Crippen LogP contribution in [0.4, 0.5) is 11.6 Å². The Morgan fingerprint density at radius 1 is 1.27 bits per heavy atom. The van der Waals surface area contributed by atoms with E-state index in [1.807, 2.05) is 13.2 Å². The minimum absolute atomic E-state index is 0.184. The van der Waals surface area contributed by atoms with Crippen LogP contribution >= 0.6 is 28.4 Å². The number of nitrogens with zero attached hydrogens (tertiary/aromatic N) is 3. The molecule has 1 aliphatic heterocycles. The maximum atomic E-state index is 4.91. The molecule has 2 heterocycles. The van der Waals surface area contributed by atoms with Gasteiger partial charge in [-0.2, -0.15) is 0 Å². The molecule has 1 saturated heterocycles. The van der Waals surface area contributed by atoms with E-state index in [4.69, 9.17) is 9.97 Å². The monoisotopic (exact) mass is 491 g/mol. The first-order chi connectivity index (χ1) is 12.1. The van der Waals surface area contributed by atoms with Gasteiger partial charge in [-0.05, 0) is 65.6 Å². The number of nitrogens with one attached hydrogen (secondary N) is 2. The summed E-state index contributed by atoms with van der Waals surface area (Å²) in [6.45, 7) is 16.2. The predicted octanol–water partition coefficient (Wildman–Crippen LogP) is 5.40. The molecule has 3 atom stereocenters. The maximum absolute atomic E-state index is 4.91. The molecule has 0 radical (unpaired) electrons. The number of halogens is 1. The van der Waals surface area contributed by atoms with Gasteiger partial charge in [-0.15, -0.1) is 0 Å². The fourth-order valence-electron chi connectivity index (χ4n) is 3.86. The van der Waals surface area contributed by atoms with Crippen LogP contribution in [0.2, 0.25) is 0 Å². The molecule has 0 spiro atoms. The highest BCUT2D eigenvalue weighted by Gasteiger charge is 2.40. The number of rotatable bonds is 6. The Bertz CT molecular complexity index is 596. The van der Waals surface area contributed by atoms with Crippen molar-refractivity contribution >= 4 is 40.1 Å². The zero-order valence-electron chi connectivity index (χ0n) is 17.3. The van der Waals surface area contributed by atoms with E-state index in [1.165, 1.54) is 12.8 Å². The van der Waals surface area contributed by atoms with Gasteiger partial charge in [-0.1, -0.05) is 34.6 Å². The van der Waals surface area contributed by atoms with Crippen LogP contribution in [0.5, 0.6) is 0 Å². The van der Waals surface area contributed by atoms with Gasteiger partial charge >= 0.3 is 0 Å². The van der Waals surface area contributed by atoms with Crippen molar-refractivity contribution in [2.75, 3.05) is 30.1 Å². The van der Waals surface area contributed by atoms with Crippen molar-refractivity contribution in [1.82, 2.24) is 15.3 Å². The van der Waals surface area contributed by atoms with E-state index in [-0.39, 0.29) is 6.04 Å². The van der Waals surface area contributed by atoms with Crippen LogP contribution in [-0.4, -0.2) is 30.1 Å². The highest BCUT2D eigenvalue weighted by Crippen LogP contribution is 2.47. The first-order valence-corrected chi connectivity index (χ1v) is 13.6. The molecule has 0 saturated carbocycles. The SMILES string of the molecule is CNC(C)c1ncc(N2CCC(C)(C(C)C(C)(C)C)CC2)nc1NPI. The summed E-state index contributed by atoms with van der Waals surface area (Å²) < 4.78 is 0. The zero-order valence-corrected chi connectivity index (χ0v) is 20.4. The van der Waals surface area contributed by atoms with Gasteiger partial charge < -0.3 is 15.3 Å². The van der Waals surface area contributed by atoms with Crippen LogP contribution in [0.15, 0.2) is 6.20 Å². The second-order valence-corrected chi connectivity index (χ2v) is 11.0. The predicted molar refractivity (Wildman–Crippen MR) is 124 cm³/mol. The summed E-state index contributed by atoms with van der Waals surface area (Å²) in [6, 6.07) is 0.184. The van der Waals surface area contributed by atoms with E-state index in [2.05, 4.69) is 78.9 Å². The van der Waals surface area contributed by atoms with E-state index >= 15 is 0 Å². The summed E-state index contributed by atoms with van der Waals surface area (Å²) in [5.41, 5.74) is 1.73. The first-order valence-electron chi connectivity index (χ1n) is 9.53. The van der Waals surface area contributed by atoms with Gasteiger partial charge in [0, 0.05) is 19.5 Å². The summed E-state index contributed by atoms with van der Waals surface area (Å²) in [6.07, 6.45) is 4.94. The minimum atomic E-state index is 0.184. The van der Waals surface area contributed by atoms with Crippen LogP contribution < -0.4 is 15.3 Å². The van der Waals surface area contributed by atoms with Crippen LogP contribution in [-0.2, 0) is 0 Å². The Balaban J connectivity index is 2.15. The van der Waals surface area contributed by atoms with Crippen molar-refractivity contribution in [3.8, 4) is 0 Å². The quantitative estimate of drug-likeness (QED) is 0.412. The Kier molecular flexibility index (Phi) is 7.54. The normalized spacial score (nSPS) is 20.4. The van der Waals surface area contributed by atoms with Crippen LogP contribution in [0.1, 0.15) is 66.1 Å². The Labute approximate surface area is 174 Å². The number of piperidine rings is 1. The van der Waals surface area contributed by atoms with Gasteiger partial charge in [0.2, 0.25) is 0 Å². The molecule has 148 valence electrons. The lowest BCUT2D eigenvalue weighted by Crippen LogP contribution is -2.45. The molecule has 0 amide bonds. The molecular formula is C19H35IN5P. The largest absolute Gasteiger partial charge is 0.355 e. The Morgan fingerprint density at radius 2 is 1.88 bits per heavy atom. The molecule has 0 bridgehead atoms. The molecule has 1 aliphatic rings. The van der Waals surface area contributed by atoms with Crippen molar-refractivity contribution in [2.45, 2.75) is 60.4 Å². The molecule has 0 aromatic carbocycles. The van der Waals surface area contributed by atoms with Crippen LogP contribution in [0.25, 0.3) is 0 Å². The van der Waals surface area contributed by atoms with E-state index < -0.39 is 0 Å². The number of hydrogen-bond donors (Lipinski definition) is 2. The third-order valence-electron chi connectivity index (χ3n) is 6.37. The molecule has 1 aromatic rings. The Morgan fingerprint density at radius 3 is 2.38 bits per heavy atom. The smallest absolute Gasteiger partial charge is 0.155 e. The minimum Gasteiger partial charge on any atom is -0.355 e. The summed E-state index contributed by atoms with van der Waals surface area (Å²) in [7, 11) is 1.96. The standard InChI is InChI=1S/C19H35IN5P/c1-13(21-7)16-17(24-26-20)23-15(12-22-16)25-10-8-19(6,9-11-25)14(2)18(3,4)5/h12-14,21,26H,8-11H2,1-7H3,(H,23,24). The highest BCUT2D eigenvalue weighted by molar-refractivity contribution is 14.2. The molecule has 7 heteroatoms. The lowest BCUT2D eigenvalue weighted by atomic mass is 9.62. The molecular weight excluding hydrogens is 456 g/mol. The third-order valence-corrected chi connectivity index (χ3v) is 7.51. The second-order valence-electron chi connectivity index (χ2n) is 8.92. The zero-order chi connectivity index (χ0) is 19.5. The van der Waals surface area contributed by atoms with Gasteiger partial charge in [0.25, 0.3) is 0 Å². The average Bonchev–Trinajstić information content (AvgIpc) is 2.60. The molecule has 0 aliphatic carbocycles. The third kappa shape index (κ3) is 4.99. The Hall–Kier alpha value is -0.200. The number of anilines is 2. The van der Waals surface area contributed by atoms with E-state index in [9.17, 15) is 0 Å². The summed E-state index contributed by atoms with van der Waals surface area (Å²) >= 11 is 2.34. The molecule has 2 rings (SSSR count). The van der Waals surface area contributed by atoms with E-state index in [1.54, 1.807) is 0 Å². The maximum Gasteiger partial charge on any atom is 0.155 e. The van der Waals surface area contributed by atoms with E-state index in [0.29, 0.717) is 23.1 Å². The lowest BCUT2D eigenvalue weighted by molar-refractivity contribution is 0.0617. The molecule has 5 nitrogen and oxygen atoms in total. The highest BCUT2D eigenvalue weighted by atomic mass is 127. The first kappa shape index (κ1) is 22.1. The fraction of sp³-hybridized carbons (Fsp3) is 0.789. The summed E-state index contributed by atoms with van der Waals surface area (Å²) in [4.78, 5) is 12.0. The summed E-state index contributed by atoms with van der Waals surface area (Å²) in [5, 5.41) is 6.66. The fourth-order valence-corrected chi connectivity index (χ4v) is 4.90. The van der Waals surface area contributed by atoms with Gasteiger partial charge in [-0.3, -0.25) is 4.98 Å². The van der Waals surface area contributed by atoms with Crippen molar-refractivity contribution in [2.24, 2.45) is 16.7 Å². The van der Waals surface area contributed by atoms with Gasteiger partial charge in [0.05, 0.1) is 17.9 Å². The van der Waals surface area contributed by atoms with Crippen molar-refractivity contribution < 1.29 is 0 Å². The molecule has 1 fully saturated rings. The summed E-state index contributed by atoms with van der Waals surface area (Å²) in [5.74, 6) is 2.60. The molecule has 3 unspecified atom stereocenters.